The van der Waals surface area contributed by atoms with E-state index in [-0.39, 0.29) is 22.0 Å². The van der Waals surface area contributed by atoms with Crippen LogP contribution in [0, 0.1) is 11.3 Å². The highest BCUT2D eigenvalue weighted by Crippen LogP contribution is 2.26. The first-order valence-electron chi connectivity index (χ1n) is 6.82. The van der Waals surface area contributed by atoms with Crippen molar-refractivity contribution in [3.05, 3.63) is 63.6 Å². The maximum Gasteiger partial charge on any atom is 0.387 e. The highest BCUT2D eigenvalue weighted by molar-refractivity contribution is 6.36. The first-order chi connectivity index (χ1) is 11.9. The topological polar surface area (TPSA) is 62.1 Å². The van der Waals surface area contributed by atoms with Gasteiger partial charge in [-0.25, -0.2) is 0 Å². The second-order valence-electron chi connectivity index (χ2n) is 4.70. The Morgan fingerprint density at radius 1 is 1.20 bits per heavy atom. The quantitative estimate of drug-likeness (QED) is 0.575. The first kappa shape index (κ1) is 18.7. The Morgan fingerprint density at radius 3 is 2.48 bits per heavy atom. The largest absolute Gasteiger partial charge is 0.435 e. The van der Waals surface area contributed by atoms with Gasteiger partial charge in [0, 0.05) is 5.02 Å². The molecule has 0 aliphatic heterocycles. The maximum absolute atomic E-state index is 12.2. The zero-order chi connectivity index (χ0) is 18.4. The summed E-state index contributed by atoms with van der Waals surface area (Å²) >= 11 is 11.8. The minimum absolute atomic E-state index is 0.0270. The first-order valence-corrected chi connectivity index (χ1v) is 7.57. The van der Waals surface area contributed by atoms with Crippen LogP contribution in [0.2, 0.25) is 10.0 Å². The number of amides is 1. The van der Waals surface area contributed by atoms with E-state index in [4.69, 9.17) is 23.2 Å². The third-order valence-corrected chi connectivity index (χ3v) is 3.52. The van der Waals surface area contributed by atoms with Crippen LogP contribution in [0.15, 0.2) is 48.0 Å². The van der Waals surface area contributed by atoms with Gasteiger partial charge < -0.3 is 10.1 Å². The van der Waals surface area contributed by atoms with E-state index in [0.717, 1.165) is 0 Å². The van der Waals surface area contributed by atoms with Crippen LogP contribution in [0.25, 0.3) is 6.08 Å². The van der Waals surface area contributed by atoms with Gasteiger partial charge in [0.15, 0.2) is 0 Å². The van der Waals surface area contributed by atoms with Crippen LogP contribution in [0.5, 0.6) is 5.75 Å². The summed E-state index contributed by atoms with van der Waals surface area (Å²) in [6, 6.07) is 11.8. The van der Waals surface area contributed by atoms with Gasteiger partial charge in [-0.05, 0) is 42.0 Å². The van der Waals surface area contributed by atoms with E-state index in [9.17, 15) is 18.8 Å². The molecule has 1 amide bonds. The van der Waals surface area contributed by atoms with Crippen molar-refractivity contribution in [2.24, 2.45) is 0 Å². The van der Waals surface area contributed by atoms with E-state index in [0.29, 0.717) is 10.6 Å². The van der Waals surface area contributed by atoms with Crippen molar-refractivity contribution in [3.63, 3.8) is 0 Å². The fourth-order valence-corrected chi connectivity index (χ4v) is 2.18. The molecule has 128 valence electrons. The summed E-state index contributed by atoms with van der Waals surface area (Å²) in [5, 5.41) is 12.3. The summed E-state index contributed by atoms with van der Waals surface area (Å²) in [6.45, 7) is -2.93. The van der Waals surface area contributed by atoms with Gasteiger partial charge in [-0.15, -0.1) is 0 Å². The van der Waals surface area contributed by atoms with Gasteiger partial charge in [0.1, 0.15) is 17.4 Å². The molecule has 25 heavy (non-hydrogen) atoms. The van der Waals surface area contributed by atoms with Gasteiger partial charge in [-0.2, -0.15) is 14.0 Å². The van der Waals surface area contributed by atoms with Crippen LogP contribution in [0.1, 0.15) is 5.56 Å². The standard InChI is InChI=1S/C17H10Cl2F2N2O2/c18-12-3-6-14(19)15(8-12)23-16(24)11(9-22)7-10-1-4-13(5-2-10)25-17(20)21/h1-8,17H,(H,23,24)/b11-7-. The molecule has 8 heteroatoms. The highest BCUT2D eigenvalue weighted by Gasteiger charge is 2.12. The second kappa shape index (κ2) is 8.47. The number of nitriles is 1. The Hall–Kier alpha value is -2.62. The monoisotopic (exact) mass is 382 g/mol. The summed E-state index contributed by atoms with van der Waals surface area (Å²) < 4.78 is 28.4. The molecule has 1 N–H and O–H groups in total. The summed E-state index contributed by atoms with van der Waals surface area (Å²) in [4.78, 5) is 12.2. The predicted molar refractivity (Wildman–Crippen MR) is 91.8 cm³/mol. The summed E-state index contributed by atoms with van der Waals surface area (Å²) in [7, 11) is 0. The van der Waals surface area contributed by atoms with E-state index in [1.165, 1.54) is 42.5 Å². The molecule has 4 nitrogen and oxygen atoms in total. The smallest absolute Gasteiger partial charge is 0.387 e. The summed E-state index contributed by atoms with van der Waals surface area (Å²) in [5.41, 5.74) is 0.532. The van der Waals surface area contributed by atoms with Gasteiger partial charge in [0.25, 0.3) is 5.91 Å². The summed E-state index contributed by atoms with van der Waals surface area (Å²) in [5.74, 6) is -0.708. The molecule has 0 bridgehead atoms. The normalized spacial score (nSPS) is 11.1. The molecular formula is C17H10Cl2F2N2O2. The number of alkyl halides is 2. The van der Waals surface area contributed by atoms with Gasteiger partial charge in [0.2, 0.25) is 0 Å². The molecule has 0 aliphatic carbocycles. The average Bonchev–Trinajstić information content (AvgIpc) is 2.57. The minimum Gasteiger partial charge on any atom is -0.435 e. The Balaban J connectivity index is 2.17. The number of halogens is 4. The molecule has 0 radical (unpaired) electrons. The van der Waals surface area contributed by atoms with Crippen molar-refractivity contribution in [1.82, 2.24) is 0 Å². The van der Waals surface area contributed by atoms with Crippen molar-refractivity contribution in [1.29, 1.82) is 5.26 Å². The predicted octanol–water partition coefficient (Wildman–Crippen LogP) is 5.14. The lowest BCUT2D eigenvalue weighted by molar-refractivity contribution is -0.112. The van der Waals surface area contributed by atoms with Crippen LogP contribution in [0.3, 0.4) is 0 Å². The zero-order valence-electron chi connectivity index (χ0n) is 12.5. The number of ether oxygens (including phenoxy) is 1. The van der Waals surface area contributed by atoms with Crippen LogP contribution in [0.4, 0.5) is 14.5 Å². The fourth-order valence-electron chi connectivity index (χ4n) is 1.84. The number of nitrogens with zero attached hydrogens (tertiary/aromatic N) is 1. The van der Waals surface area contributed by atoms with Crippen molar-refractivity contribution >= 4 is 40.9 Å². The molecule has 0 heterocycles. The molecule has 0 spiro atoms. The van der Waals surface area contributed by atoms with Crippen LogP contribution < -0.4 is 10.1 Å². The molecule has 0 atom stereocenters. The number of hydrogen-bond donors (Lipinski definition) is 1. The van der Waals surface area contributed by atoms with Gasteiger partial charge in [0.05, 0.1) is 10.7 Å². The van der Waals surface area contributed by atoms with Crippen molar-refractivity contribution in [3.8, 4) is 11.8 Å². The molecule has 2 aromatic carbocycles. The second-order valence-corrected chi connectivity index (χ2v) is 5.54. The van der Waals surface area contributed by atoms with Gasteiger partial charge in [-0.1, -0.05) is 35.3 Å². The molecule has 0 aromatic heterocycles. The molecule has 0 saturated carbocycles. The van der Waals surface area contributed by atoms with E-state index in [1.54, 1.807) is 12.1 Å². The Kier molecular flexibility index (Phi) is 6.34. The van der Waals surface area contributed by atoms with Crippen LogP contribution >= 0.6 is 23.2 Å². The molecule has 0 saturated heterocycles. The number of anilines is 1. The molecule has 0 aliphatic rings. The van der Waals surface area contributed by atoms with Crippen molar-refractivity contribution in [2.75, 3.05) is 5.32 Å². The van der Waals surface area contributed by atoms with Crippen LogP contribution in [-0.2, 0) is 4.79 Å². The van der Waals surface area contributed by atoms with E-state index in [2.05, 4.69) is 10.1 Å². The molecule has 0 unspecified atom stereocenters. The third-order valence-electron chi connectivity index (χ3n) is 2.96. The SMILES string of the molecule is N#C/C(=C/c1ccc(OC(F)F)cc1)C(=O)Nc1cc(Cl)ccc1Cl. The molecule has 0 fully saturated rings. The Morgan fingerprint density at radius 2 is 1.88 bits per heavy atom. The number of hydrogen-bond acceptors (Lipinski definition) is 3. The Labute approximate surface area is 152 Å². The Bertz CT molecular complexity index is 847. The number of rotatable bonds is 5. The number of carbonyl (C=O) groups is 1. The number of carbonyl (C=O) groups excluding carboxylic acids is 1. The lowest BCUT2D eigenvalue weighted by atomic mass is 10.1. The lowest BCUT2D eigenvalue weighted by Crippen LogP contribution is -2.13. The van der Waals surface area contributed by atoms with Gasteiger partial charge in [-0.3, -0.25) is 4.79 Å². The van der Waals surface area contributed by atoms with Gasteiger partial charge >= 0.3 is 6.61 Å². The minimum atomic E-state index is -2.93. The molecule has 2 aromatic rings. The average molecular weight is 383 g/mol. The van der Waals surface area contributed by atoms with E-state index >= 15 is 0 Å². The van der Waals surface area contributed by atoms with Crippen molar-refractivity contribution < 1.29 is 18.3 Å². The fraction of sp³-hybridized carbons (Fsp3) is 0.0588. The zero-order valence-corrected chi connectivity index (χ0v) is 14.0. The van der Waals surface area contributed by atoms with E-state index in [1.807, 2.05) is 0 Å². The maximum atomic E-state index is 12.2. The summed E-state index contributed by atoms with van der Waals surface area (Å²) in [6.07, 6.45) is 1.31. The lowest BCUT2D eigenvalue weighted by Gasteiger charge is -2.07. The number of benzene rings is 2. The highest BCUT2D eigenvalue weighted by atomic mass is 35.5. The third kappa shape index (κ3) is 5.45. The molecule has 2 rings (SSSR count). The van der Waals surface area contributed by atoms with E-state index < -0.39 is 12.5 Å². The van der Waals surface area contributed by atoms with Crippen LogP contribution in [-0.4, -0.2) is 12.5 Å². The number of nitrogens with one attached hydrogen (secondary N) is 1. The van der Waals surface area contributed by atoms with Crippen molar-refractivity contribution in [2.45, 2.75) is 6.61 Å². The molecular weight excluding hydrogens is 373 g/mol.